The van der Waals surface area contributed by atoms with Crippen molar-refractivity contribution in [2.75, 3.05) is 25.5 Å². The molecule has 1 N–H and O–H groups in total. The fourth-order valence-corrected chi connectivity index (χ4v) is 3.64. The molecule has 0 unspecified atom stereocenters. The van der Waals surface area contributed by atoms with Crippen LogP contribution in [0.15, 0.2) is 42.6 Å². The molecular formula is C20H22ClN5O2. The largest absolute Gasteiger partial charge is 0.330 e. The molecule has 0 bridgehead atoms. The Hall–Kier alpha value is -2.64. The number of aromatic nitrogens is 2. The Labute approximate surface area is 168 Å². The number of carbonyl (C=O) groups is 2. The van der Waals surface area contributed by atoms with Crippen molar-refractivity contribution in [2.24, 2.45) is 0 Å². The highest BCUT2D eigenvalue weighted by atomic mass is 35.5. The van der Waals surface area contributed by atoms with Gasteiger partial charge in [0.1, 0.15) is 11.5 Å². The highest BCUT2D eigenvalue weighted by Gasteiger charge is 2.26. The third-order valence-electron chi connectivity index (χ3n) is 5.34. The molecule has 8 heteroatoms. The maximum atomic E-state index is 12.6. The van der Waals surface area contributed by atoms with Gasteiger partial charge in [-0.05, 0) is 25.6 Å². The number of benzene rings is 1. The number of imidazole rings is 1. The number of carbonyl (C=O) groups excluding carboxylic acids is 2. The minimum atomic E-state index is -0.264. The molecule has 1 atom stereocenters. The zero-order valence-corrected chi connectivity index (χ0v) is 16.4. The molecule has 3 heterocycles. The predicted molar refractivity (Wildman–Crippen MR) is 107 cm³/mol. The Morgan fingerprint density at radius 2 is 2.07 bits per heavy atom. The fourth-order valence-electron chi connectivity index (χ4n) is 3.46. The number of anilines is 1. The van der Waals surface area contributed by atoms with E-state index in [1.54, 1.807) is 29.3 Å². The molecule has 0 aliphatic carbocycles. The number of fused-ring (bicyclic) bond motifs is 1. The number of likely N-dealkylation sites (N-methyl/N-ethyl adjacent to an activating group) is 1. The van der Waals surface area contributed by atoms with E-state index in [4.69, 9.17) is 11.6 Å². The molecular weight excluding hydrogens is 378 g/mol. The van der Waals surface area contributed by atoms with Crippen LogP contribution in [0.4, 0.5) is 5.69 Å². The SMILES string of the molecule is CN1CC[C@@H]1/C=C/C(=O)N1CCn2c(C(=O)Nc3ccccc3Cl)cnc2C1. The number of likely N-dealkylation sites (tertiary alicyclic amines) is 1. The van der Waals surface area contributed by atoms with Crippen molar-refractivity contribution in [2.45, 2.75) is 25.6 Å². The second-order valence-corrected chi connectivity index (χ2v) is 7.51. The fraction of sp³-hybridized carbons (Fsp3) is 0.350. The van der Waals surface area contributed by atoms with Gasteiger partial charge in [-0.25, -0.2) is 4.98 Å². The summed E-state index contributed by atoms with van der Waals surface area (Å²) in [5, 5.41) is 3.30. The number of hydrogen-bond acceptors (Lipinski definition) is 4. The van der Waals surface area contributed by atoms with Gasteiger partial charge in [0.05, 0.1) is 23.5 Å². The van der Waals surface area contributed by atoms with Gasteiger partial charge in [0.25, 0.3) is 5.91 Å². The van der Waals surface area contributed by atoms with Crippen LogP contribution in [0.25, 0.3) is 0 Å². The molecule has 1 saturated heterocycles. The average Bonchev–Trinajstić information content (AvgIpc) is 3.12. The first-order valence-corrected chi connectivity index (χ1v) is 9.68. The lowest BCUT2D eigenvalue weighted by Gasteiger charge is -2.35. The van der Waals surface area contributed by atoms with Crippen LogP contribution in [0, 0.1) is 0 Å². The van der Waals surface area contributed by atoms with Gasteiger partial charge in [-0.1, -0.05) is 29.8 Å². The molecule has 4 rings (SSSR count). The number of nitrogens with one attached hydrogen (secondary N) is 1. The van der Waals surface area contributed by atoms with Crippen molar-refractivity contribution in [3.63, 3.8) is 0 Å². The first-order valence-electron chi connectivity index (χ1n) is 9.30. The lowest BCUT2D eigenvalue weighted by Crippen LogP contribution is -2.43. The Bertz CT molecular complexity index is 938. The molecule has 0 radical (unpaired) electrons. The standard InChI is InChI=1S/C20H22ClN5O2/c1-24-9-8-14(24)6-7-19(27)25-10-11-26-17(12-22-18(26)13-25)20(28)23-16-5-3-2-4-15(16)21/h2-7,12,14H,8-11,13H2,1H3,(H,23,28)/b7-6+/t14-/m0/s1. The Kier molecular flexibility index (Phi) is 5.19. The van der Waals surface area contributed by atoms with Crippen LogP contribution in [0.1, 0.15) is 22.7 Å². The summed E-state index contributed by atoms with van der Waals surface area (Å²) in [7, 11) is 2.05. The molecule has 28 heavy (non-hydrogen) atoms. The van der Waals surface area contributed by atoms with Crippen LogP contribution in [-0.2, 0) is 17.9 Å². The van der Waals surface area contributed by atoms with Crippen molar-refractivity contribution >= 4 is 29.1 Å². The quantitative estimate of drug-likeness (QED) is 0.801. The summed E-state index contributed by atoms with van der Waals surface area (Å²) in [6.45, 7) is 2.54. The van der Waals surface area contributed by atoms with Gasteiger partial charge < -0.3 is 14.8 Å². The van der Waals surface area contributed by atoms with Gasteiger partial charge in [-0.3, -0.25) is 14.5 Å². The zero-order chi connectivity index (χ0) is 19.7. The van der Waals surface area contributed by atoms with Crippen LogP contribution >= 0.6 is 11.6 Å². The van der Waals surface area contributed by atoms with E-state index in [0.717, 1.165) is 13.0 Å². The topological polar surface area (TPSA) is 70.5 Å². The molecule has 2 amide bonds. The molecule has 1 aromatic heterocycles. The third-order valence-corrected chi connectivity index (χ3v) is 5.66. The van der Waals surface area contributed by atoms with Crippen LogP contribution < -0.4 is 5.32 Å². The van der Waals surface area contributed by atoms with Crippen molar-refractivity contribution in [1.29, 1.82) is 0 Å². The van der Waals surface area contributed by atoms with Gasteiger partial charge in [-0.2, -0.15) is 0 Å². The Morgan fingerprint density at radius 1 is 1.25 bits per heavy atom. The number of nitrogens with zero attached hydrogens (tertiary/aromatic N) is 4. The maximum absolute atomic E-state index is 12.6. The van der Waals surface area contributed by atoms with E-state index in [1.165, 1.54) is 0 Å². The molecule has 146 valence electrons. The number of hydrogen-bond donors (Lipinski definition) is 1. The molecule has 2 aliphatic rings. The van der Waals surface area contributed by atoms with E-state index in [0.29, 0.717) is 47.9 Å². The van der Waals surface area contributed by atoms with E-state index in [9.17, 15) is 9.59 Å². The predicted octanol–water partition coefficient (Wildman–Crippen LogP) is 2.39. The molecule has 0 saturated carbocycles. The average molecular weight is 400 g/mol. The van der Waals surface area contributed by atoms with Crippen molar-refractivity contribution in [3.05, 3.63) is 59.2 Å². The van der Waals surface area contributed by atoms with Gasteiger partial charge in [0.15, 0.2) is 0 Å². The Morgan fingerprint density at radius 3 is 2.79 bits per heavy atom. The van der Waals surface area contributed by atoms with E-state index in [-0.39, 0.29) is 11.8 Å². The summed E-state index contributed by atoms with van der Waals surface area (Å²) in [5.41, 5.74) is 1.03. The van der Waals surface area contributed by atoms with Crippen LogP contribution in [0.3, 0.4) is 0 Å². The maximum Gasteiger partial charge on any atom is 0.273 e. The normalized spacial score (nSPS) is 19.4. The summed E-state index contributed by atoms with van der Waals surface area (Å²) < 4.78 is 1.86. The summed E-state index contributed by atoms with van der Waals surface area (Å²) in [6, 6.07) is 7.45. The van der Waals surface area contributed by atoms with E-state index in [2.05, 4.69) is 22.2 Å². The summed E-state index contributed by atoms with van der Waals surface area (Å²) in [6.07, 6.45) is 6.27. The van der Waals surface area contributed by atoms with Crippen LogP contribution in [0.5, 0.6) is 0 Å². The highest BCUT2D eigenvalue weighted by Crippen LogP contribution is 2.22. The first kappa shape index (κ1) is 18.7. The second-order valence-electron chi connectivity index (χ2n) is 7.10. The van der Waals surface area contributed by atoms with E-state index >= 15 is 0 Å². The van der Waals surface area contributed by atoms with Gasteiger partial charge in [0, 0.05) is 31.8 Å². The molecule has 0 spiro atoms. The lowest BCUT2D eigenvalue weighted by atomic mass is 10.0. The third kappa shape index (κ3) is 3.68. The van der Waals surface area contributed by atoms with Crippen molar-refractivity contribution in [1.82, 2.24) is 19.4 Å². The highest BCUT2D eigenvalue weighted by molar-refractivity contribution is 6.33. The molecule has 2 aromatic rings. The summed E-state index contributed by atoms with van der Waals surface area (Å²) >= 11 is 6.11. The van der Waals surface area contributed by atoms with Crippen LogP contribution in [0.2, 0.25) is 5.02 Å². The minimum Gasteiger partial charge on any atom is -0.330 e. The molecule has 2 aliphatic heterocycles. The molecule has 7 nitrogen and oxygen atoms in total. The van der Waals surface area contributed by atoms with E-state index < -0.39 is 0 Å². The van der Waals surface area contributed by atoms with Crippen molar-refractivity contribution < 1.29 is 9.59 Å². The van der Waals surface area contributed by atoms with Gasteiger partial charge in [-0.15, -0.1) is 0 Å². The number of amides is 2. The van der Waals surface area contributed by atoms with E-state index in [1.807, 2.05) is 22.8 Å². The smallest absolute Gasteiger partial charge is 0.273 e. The second kappa shape index (κ2) is 7.77. The van der Waals surface area contributed by atoms with Crippen molar-refractivity contribution in [3.8, 4) is 0 Å². The first-order chi connectivity index (χ1) is 13.5. The van der Waals surface area contributed by atoms with Crippen LogP contribution in [-0.4, -0.2) is 57.3 Å². The van der Waals surface area contributed by atoms with Gasteiger partial charge in [0.2, 0.25) is 5.91 Å². The Balaban J connectivity index is 1.42. The molecule has 1 fully saturated rings. The monoisotopic (exact) mass is 399 g/mol. The molecule has 1 aromatic carbocycles. The lowest BCUT2D eigenvalue weighted by molar-refractivity contribution is -0.127. The number of rotatable bonds is 4. The van der Waals surface area contributed by atoms with Gasteiger partial charge >= 0.3 is 0 Å². The number of para-hydroxylation sites is 1. The summed E-state index contributed by atoms with van der Waals surface area (Å²) in [5.74, 6) is 0.425. The minimum absolute atomic E-state index is 0.0170. The number of halogens is 1. The zero-order valence-electron chi connectivity index (χ0n) is 15.6. The summed E-state index contributed by atoms with van der Waals surface area (Å²) in [4.78, 5) is 33.4.